The zero-order valence-corrected chi connectivity index (χ0v) is 12.4. The second-order valence-electron chi connectivity index (χ2n) is 6.08. The number of benzene rings is 1. The number of nitrogen functional groups attached to an aromatic ring is 1. The van der Waals surface area contributed by atoms with E-state index in [2.05, 4.69) is 24.1 Å². The molecule has 4 heteroatoms. The minimum absolute atomic E-state index is 0.0249. The predicted octanol–water partition coefficient (Wildman–Crippen LogP) is 1.98. The first-order valence-corrected chi connectivity index (χ1v) is 7.40. The smallest absolute Gasteiger partial charge is 0.251 e. The number of hydrogen-bond donors (Lipinski definition) is 2. The van der Waals surface area contributed by atoms with Crippen LogP contribution in [-0.4, -0.2) is 37.0 Å². The van der Waals surface area contributed by atoms with Crippen LogP contribution in [0, 0.1) is 11.8 Å². The number of nitrogens with two attached hydrogens (primary N) is 1. The monoisotopic (exact) mass is 275 g/mol. The van der Waals surface area contributed by atoms with Gasteiger partial charge in [-0.25, -0.2) is 0 Å². The fourth-order valence-electron chi connectivity index (χ4n) is 3.04. The van der Waals surface area contributed by atoms with Crippen LogP contribution in [0.2, 0.25) is 0 Å². The van der Waals surface area contributed by atoms with Gasteiger partial charge in [-0.2, -0.15) is 0 Å². The molecule has 2 atom stereocenters. The Kier molecular flexibility index (Phi) is 5.01. The van der Waals surface area contributed by atoms with E-state index in [0.29, 0.717) is 17.8 Å². The summed E-state index contributed by atoms with van der Waals surface area (Å²) in [7, 11) is 0. The van der Waals surface area contributed by atoms with Crippen LogP contribution in [0.5, 0.6) is 0 Å². The number of carbonyl (C=O) groups excluding carboxylic acids is 1. The molecule has 0 aromatic heterocycles. The van der Waals surface area contributed by atoms with E-state index in [4.69, 9.17) is 5.73 Å². The molecule has 1 fully saturated rings. The van der Waals surface area contributed by atoms with Crippen molar-refractivity contribution in [1.82, 2.24) is 10.2 Å². The highest BCUT2D eigenvalue weighted by Gasteiger charge is 2.21. The summed E-state index contributed by atoms with van der Waals surface area (Å²) in [6.07, 6.45) is 1.31. The SMILES string of the molecule is CC1CC(C)CN(CCNC(=O)c2ccc(N)cc2)C1. The molecule has 0 bridgehead atoms. The Balaban J connectivity index is 1.75. The molecule has 1 aliphatic rings. The van der Waals surface area contributed by atoms with Gasteiger partial charge in [0.15, 0.2) is 0 Å². The molecule has 1 heterocycles. The van der Waals surface area contributed by atoms with Gasteiger partial charge in [0.2, 0.25) is 0 Å². The van der Waals surface area contributed by atoms with Gasteiger partial charge in [0.05, 0.1) is 0 Å². The van der Waals surface area contributed by atoms with E-state index in [1.165, 1.54) is 6.42 Å². The van der Waals surface area contributed by atoms with E-state index in [-0.39, 0.29) is 5.91 Å². The summed E-state index contributed by atoms with van der Waals surface area (Å²) in [6.45, 7) is 8.51. The topological polar surface area (TPSA) is 58.4 Å². The lowest BCUT2D eigenvalue weighted by Gasteiger charge is -2.34. The van der Waals surface area contributed by atoms with Gasteiger partial charge in [0.25, 0.3) is 5.91 Å². The van der Waals surface area contributed by atoms with Gasteiger partial charge in [-0.05, 0) is 42.5 Å². The maximum absolute atomic E-state index is 12.0. The summed E-state index contributed by atoms with van der Waals surface area (Å²) in [6, 6.07) is 7.03. The number of piperidine rings is 1. The third kappa shape index (κ3) is 4.23. The van der Waals surface area contributed by atoms with E-state index in [9.17, 15) is 4.79 Å². The fourth-order valence-corrected chi connectivity index (χ4v) is 3.04. The van der Waals surface area contributed by atoms with E-state index in [1.54, 1.807) is 24.3 Å². The van der Waals surface area contributed by atoms with Gasteiger partial charge in [-0.3, -0.25) is 4.79 Å². The Morgan fingerprint density at radius 3 is 2.45 bits per heavy atom. The number of hydrogen-bond acceptors (Lipinski definition) is 3. The van der Waals surface area contributed by atoms with E-state index >= 15 is 0 Å². The zero-order valence-electron chi connectivity index (χ0n) is 12.4. The lowest BCUT2D eigenvalue weighted by molar-refractivity contribution is 0.0936. The Bertz CT molecular complexity index is 434. The van der Waals surface area contributed by atoms with Gasteiger partial charge < -0.3 is 16.0 Å². The van der Waals surface area contributed by atoms with Crippen LogP contribution in [-0.2, 0) is 0 Å². The van der Waals surface area contributed by atoms with Crippen molar-refractivity contribution in [2.24, 2.45) is 11.8 Å². The van der Waals surface area contributed by atoms with Crippen LogP contribution in [0.15, 0.2) is 24.3 Å². The van der Waals surface area contributed by atoms with Gasteiger partial charge in [0.1, 0.15) is 0 Å². The number of nitrogens with one attached hydrogen (secondary N) is 1. The van der Waals surface area contributed by atoms with Crippen LogP contribution in [0.3, 0.4) is 0 Å². The number of carbonyl (C=O) groups is 1. The van der Waals surface area contributed by atoms with Crippen LogP contribution < -0.4 is 11.1 Å². The van der Waals surface area contributed by atoms with Gasteiger partial charge in [-0.1, -0.05) is 13.8 Å². The highest BCUT2D eigenvalue weighted by atomic mass is 16.1. The normalized spacial score (nSPS) is 23.5. The summed E-state index contributed by atoms with van der Waals surface area (Å²) in [5, 5.41) is 2.97. The average molecular weight is 275 g/mol. The van der Waals surface area contributed by atoms with Crippen molar-refractivity contribution in [2.75, 3.05) is 31.9 Å². The quantitative estimate of drug-likeness (QED) is 0.826. The van der Waals surface area contributed by atoms with Crippen molar-refractivity contribution in [3.63, 3.8) is 0 Å². The first-order chi connectivity index (χ1) is 9.54. The van der Waals surface area contributed by atoms with E-state index in [1.807, 2.05) is 0 Å². The van der Waals surface area contributed by atoms with Crippen molar-refractivity contribution < 1.29 is 4.79 Å². The standard InChI is InChI=1S/C16H25N3O/c1-12-9-13(2)11-19(10-12)8-7-18-16(20)14-3-5-15(17)6-4-14/h3-6,12-13H,7-11,17H2,1-2H3,(H,18,20). The van der Waals surface area contributed by atoms with Crippen LogP contribution in [0.25, 0.3) is 0 Å². The third-order valence-corrected chi connectivity index (χ3v) is 3.83. The maximum atomic E-state index is 12.0. The highest BCUT2D eigenvalue weighted by molar-refractivity contribution is 5.94. The number of nitrogens with zero attached hydrogens (tertiary/aromatic N) is 1. The summed E-state index contributed by atoms with van der Waals surface area (Å²) in [5.74, 6) is 1.49. The highest BCUT2D eigenvalue weighted by Crippen LogP contribution is 2.20. The maximum Gasteiger partial charge on any atom is 0.251 e. The summed E-state index contributed by atoms with van der Waals surface area (Å²) >= 11 is 0. The van der Waals surface area contributed by atoms with Crippen LogP contribution in [0.4, 0.5) is 5.69 Å². The number of anilines is 1. The van der Waals surface area contributed by atoms with E-state index in [0.717, 1.165) is 31.5 Å². The second-order valence-corrected chi connectivity index (χ2v) is 6.08. The lowest BCUT2D eigenvalue weighted by atomic mass is 9.92. The minimum atomic E-state index is -0.0249. The first kappa shape index (κ1) is 14.9. The molecule has 0 aliphatic carbocycles. The molecule has 4 nitrogen and oxygen atoms in total. The van der Waals surface area contributed by atoms with Crippen molar-refractivity contribution in [3.8, 4) is 0 Å². The first-order valence-electron chi connectivity index (χ1n) is 7.40. The molecule has 110 valence electrons. The Morgan fingerprint density at radius 1 is 1.25 bits per heavy atom. The van der Waals surface area contributed by atoms with Crippen molar-refractivity contribution in [3.05, 3.63) is 29.8 Å². The molecule has 2 rings (SSSR count). The van der Waals surface area contributed by atoms with Crippen LogP contribution in [0.1, 0.15) is 30.6 Å². The molecule has 1 amide bonds. The Labute approximate surface area is 121 Å². The zero-order chi connectivity index (χ0) is 14.5. The van der Waals surface area contributed by atoms with Gasteiger partial charge in [0, 0.05) is 37.4 Å². The molecule has 0 radical (unpaired) electrons. The molecule has 1 saturated heterocycles. The molecule has 1 aromatic rings. The van der Waals surface area contributed by atoms with Crippen molar-refractivity contribution >= 4 is 11.6 Å². The molecule has 20 heavy (non-hydrogen) atoms. The number of rotatable bonds is 4. The molecular weight excluding hydrogens is 250 g/mol. The second kappa shape index (κ2) is 6.75. The molecule has 1 aliphatic heterocycles. The van der Waals surface area contributed by atoms with Crippen LogP contribution >= 0.6 is 0 Å². The summed E-state index contributed by atoms with van der Waals surface area (Å²) in [5.41, 5.74) is 6.96. The predicted molar refractivity (Wildman–Crippen MR) is 82.6 cm³/mol. The lowest BCUT2D eigenvalue weighted by Crippen LogP contribution is -2.42. The molecule has 0 spiro atoms. The molecule has 1 aromatic carbocycles. The van der Waals surface area contributed by atoms with Gasteiger partial charge in [-0.15, -0.1) is 0 Å². The molecule has 0 saturated carbocycles. The Hall–Kier alpha value is -1.55. The third-order valence-electron chi connectivity index (χ3n) is 3.83. The van der Waals surface area contributed by atoms with Gasteiger partial charge >= 0.3 is 0 Å². The molecular formula is C16H25N3O. The fraction of sp³-hybridized carbons (Fsp3) is 0.562. The minimum Gasteiger partial charge on any atom is -0.399 e. The van der Waals surface area contributed by atoms with E-state index < -0.39 is 0 Å². The molecule has 2 unspecified atom stereocenters. The summed E-state index contributed by atoms with van der Waals surface area (Å²) in [4.78, 5) is 14.4. The van der Waals surface area contributed by atoms with Crippen molar-refractivity contribution in [2.45, 2.75) is 20.3 Å². The Morgan fingerprint density at radius 2 is 1.85 bits per heavy atom. The summed E-state index contributed by atoms with van der Waals surface area (Å²) < 4.78 is 0. The average Bonchev–Trinajstić information content (AvgIpc) is 2.38. The van der Waals surface area contributed by atoms with Crippen molar-refractivity contribution in [1.29, 1.82) is 0 Å². The number of amides is 1. The number of likely N-dealkylation sites (tertiary alicyclic amines) is 1. The molecule has 3 N–H and O–H groups in total. The largest absolute Gasteiger partial charge is 0.399 e.